The molecular weight excluding hydrogens is 388 g/mol. The summed E-state index contributed by atoms with van der Waals surface area (Å²) in [5.41, 5.74) is 1.48. The third kappa shape index (κ3) is 3.91. The molecule has 3 aromatic rings. The molecule has 5 nitrogen and oxygen atoms in total. The van der Waals surface area contributed by atoms with E-state index in [1.165, 1.54) is 19.2 Å². The molecule has 0 aliphatic rings. The zero-order valence-corrected chi connectivity index (χ0v) is 15.9. The summed E-state index contributed by atoms with van der Waals surface area (Å²) in [6.45, 7) is 0. The standard InChI is InChI=1S/C20H17F2NO4S/c1-26-15-9-6-13(7-10-15)16-12-14(8-11-19(16)27-2)23-28(24,25)20-17(21)4-3-5-18(20)22/h3-12,23H,1-2H3. The van der Waals surface area contributed by atoms with Gasteiger partial charge in [-0.1, -0.05) is 18.2 Å². The number of sulfonamides is 1. The zero-order chi connectivity index (χ0) is 20.3. The highest BCUT2D eigenvalue weighted by atomic mass is 32.2. The number of anilines is 1. The first kappa shape index (κ1) is 19.6. The summed E-state index contributed by atoms with van der Waals surface area (Å²) in [5, 5.41) is 0. The van der Waals surface area contributed by atoms with Gasteiger partial charge in [0, 0.05) is 11.3 Å². The lowest BCUT2D eigenvalue weighted by Gasteiger charge is -2.14. The lowest BCUT2D eigenvalue weighted by molar-refractivity contribution is 0.414. The molecule has 1 N–H and O–H groups in total. The van der Waals surface area contributed by atoms with Crippen molar-refractivity contribution in [1.29, 1.82) is 0 Å². The molecule has 0 aliphatic heterocycles. The lowest BCUT2D eigenvalue weighted by Crippen LogP contribution is -2.16. The Hall–Kier alpha value is -3.13. The summed E-state index contributed by atoms with van der Waals surface area (Å²) in [5.74, 6) is -1.17. The quantitative estimate of drug-likeness (QED) is 0.658. The van der Waals surface area contributed by atoms with E-state index in [9.17, 15) is 17.2 Å². The van der Waals surface area contributed by atoms with E-state index in [-0.39, 0.29) is 5.69 Å². The second-order valence-corrected chi connectivity index (χ2v) is 7.42. The summed E-state index contributed by atoms with van der Waals surface area (Å²) >= 11 is 0. The van der Waals surface area contributed by atoms with E-state index >= 15 is 0 Å². The van der Waals surface area contributed by atoms with Gasteiger partial charge in [0.1, 0.15) is 23.1 Å². The Kier molecular flexibility index (Phi) is 5.51. The topological polar surface area (TPSA) is 64.6 Å². The van der Waals surface area contributed by atoms with E-state index in [0.717, 1.165) is 23.8 Å². The van der Waals surface area contributed by atoms with Crippen LogP contribution < -0.4 is 14.2 Å². The average Bonchev–Trinajstić information content (AvgIpc) is 2.67. The SMILES string of the molecule is COc1ccc(-c2cc(NS(=O)(=O)c3c(F)cccc3F)ccc2OC)cc1. The van der Waals surface area contributed by atoms with Gasteiger partial charge in [0.05, 0.1) is 14.2 Å². The van der Waals surface area contributed by atoms with Crippen LogP contribution in [-0.2, 0) is 10.0 Å². The molecule has 0 amide bonds. The zero-order valence-electron chi connectivity index (χ0n) is 15.1. The Morgan fingerprint density at radius 2 is 1.50 bits per heavy atom. The minimum Gasteiger partial charge on any atom is -0.497 e. The molecule has 0 fully saturated rings. The van der Waals surface area contributed by atoms with Gasteiger partial charge in [-0.25, -0.2) is 17.2 Å². The number of halogens is 2. The molecule has 0 aromatic heterocycles. The summed E-state index contributed by atoms with van der Waals surface area (Å²) in [6, 6.07) is 14.5. The van der Waals surface area contributed by atoms with Gasteiger partial charge in [-0.3, -0.25) is 4.72 Å². The predicted molar refractivity (Wildman–Crippen MR) is 102 cm³/mol. The van der Waals surface area contributed by atoms with E-state index in [1.807, 2.05) is 0 Å². The van der Waals surface area contributed by atoms with Crippen LogP contribution in [0.3, 0.4) is 0 Å². The maximum atomic E-state index is 13.9. The van der Waals surface area contributed by atoms with E-state index in [4.69, 9.17) is 9.47 Å². The van der Waals surface area contributed by atoms with Crippen molar-refractivity contribution in [3.8, 4) is 22.6 Å². The van der Waals surface area contributed by atoms with Crippen LogP contribution in [0.15, 0.2) is 65.6 Å². The number of hydrogen-bond donors (Lipinski definition) is 1. The van der Waals surface area contributed by atoms with Crippen molar-refractivity contribution >= 4 is 15.7 Å². The maximum Gasteiger partial charge on any atom is 0.267 e. The van der Waals surface area contributed by atoms with Gasteiger partial charge >= 0.3 is 0 Å². The molecule has 28 heavy (non-hydrogen) atoms. The van der Waals surface area contributed by atoms with Crippen molar-refractivity contribution in [1.82, 2.24) is 0 Å². The third-order valence-electron chi connectivity index (χ3n) is 4.04. The van der Waals surface area contributed by atoms with Crippen molar-refractivity contribution in [2.75, 3.05) is 18.9 Å². The van der Waals surface area contributed by atoms with Gasteiger partial charge in [-0.2, -0.15) is 0 Å². The molecule has 0 radical (unpaired) electrons. The predicted octanol–water partition coefficient (Wildman–Crippen LogP) is 4.45. The fourth-order valence-electron chi connectivity index (χ4n) is 2.71. The molecule has 0 heterocycles. The second-order valence-electron chi connectivity index (χ2n) is 5.80. The number of rotatable bonds is 6. The normalized spacial score (nSPS) is 11.1. The third-order valence-corrected chi connectivity index (χ3v) is 5.47. The van der Waals surface area contributed by atoms with Crippen molar-refractivity contribution < 1.29 is 26.7 Å². The first-order valence-electron chi connectivity index (χ1n) is 8.15. The maximum absolute atomic E-state index is 13.9. The summed E-state index contributed by atoms with van der Waals surface area (Å²) in [4.78, 5) is -1.03. The molecule has 0 bridgehead atoms. The van der Waals surface area contributed by atoms with E-state index in [0.29, 0.717) is 17.1 Å². The second kappa shape index (κ2) is 7.85. The van der Waals surface area contributed by atoms with Crippen LogP contribution in [0.25, 0.3) is 11.1 Å². The molecule has 0 unspecified atom stereocenters. The molecule has 3 rings (SSSR count). The van der Waals surface area contributed by atoms with Crippen molar-refractivity contribution in [2.45, 2.75) is 4.90 Å². The highest BCUT2D eigenvalue weighted by molar-refractivity contribution is 7.92. The number of methoxy groups -OCH3 is 2. The van der Waals surface area contributed by atoms with Crippen LogP contribution in [0.2, 0.25) is 0 Å². The van der Waals surface area contributed by atoms with Gasteiger partial charge in [-0.05, 0) is 48.0 Å². The Morgan fingerprint density at radius 1 is 0.857 bits per heavy atom. The Balaban J connectivity index is 2.01. The molecule has 146 valence electrons. The number of ether oxygens (including phenoxy) is 2. The summed E-state index contributed by atoms with van der Waals surface area (Å²) < 4.78 is 65.4. The number of nitrogens with one attached hydrogen (secondary N) is 1. The Labute approximate surface area is 161 Å². The minimum atomic E-state index is -4.46. The monoisotopic (exact) mass is 405 g/mol. The highest BCUT2D eigenvalue weighted by Gasteiger charge is 2.24. The smallest absolute Gasteiger partial charge is 0.267 e. The van der Waals surface area contributed by atoms with Crippen LogP contribution in [0, 0.1) is 11.6 Å². The Morgan fingerprint density at radius 3 is 2.07 bits per heavy atom. The van der Waals surface area contributed by atoms with Crippen molar-refractivity contribution in [3.05, 3.63) is 72.3 Å². The minimum absolute atomic E-state index is 0.134. The number of benzene rings is 3. The first-order valence-corrected chi connectivity index (χ1v) is 9.63. The van der Waals surface area contributed by atoms with Crippen LogP contribution in [-0.4, -0.2) is 22.6 Å². The van der Waals surface area contributed by atoms with Gasteiger partial charge in [-0.15, -0.1) is 0 Å². The fraction of sp³-hybridized carbons (Fsp3) is 0.100. The largest absolute Gasteiger partial charge is 0.497 e. The summed E-state index contributed by atoms with van der Waals surface area (Å²) in [6.07, 6.45) is 0. The molecule has 0 saturated heterocycles. The van der Waals surface area contributed by atoms with Crippen LogP contribution in [0.4, 0.5) is 14.5 Å². The average molecular weight is 405 g/mol. The Bertz CT molecular complexity index is 1080. The van der Waals surface area contributed by atoms with E-state index in [1.54, 1.807) is 37.4 Å². The molecule has 8 heteroatoms. The molecule has 0 spiro atoms. The van der Waals surface area contributed by atoms with Crippen LogP contribution in [0.5, 0.6) is 11.5 Å². The highest BCUT2D eigenvalue weighted by Crippen LogP contribution is 2.34. The van der Waals surface area contributed by atoms with Gasteiger partial charge in [0.2, 0.25) is 0 Å². The van der Waals surface area contributed by atoms with E-state index in [2.05, 4.69) is 4.72 Å². The summed E-state index contributed by atoms with van der Waals surface area (Å²) in [7, 11) is -1.43. The molecule has 0 saturated carbocycles. The van der Waals surface area contributed by atoms with E-state index < -0.39 is 26.6 Å². The van der Waals surface area contributed by atoms with Crippen molar-refractivity contribution in [3.63, 3.8) is 0 Å². The molecule has 0 atom stereocenters. The van der Waals surface area contributed by atoms with Gasteiger partial charge < -0.3 is 9.47 Å². The van der Waals surface area contributed by atoms with Crippen LogP contribution in [0.1, 0.15) is 0 Å². The molecule has 3 aromatic carbocycles. The van der Waals surface area contributed by atoms with Crippen LogP contribution >= 0.6 is 0 Å². The lowest BCUT2D eigenvalue weighted by atomic mass is 10.0. The van der Waals surface area contributed by atoms with Gasteiger partial charge in [0.25, 0.3) is 10.0 Å². The number of hydrogen-bond acceptors (Lipinski definition) is 4. The fourth-order valence-corrected chi connectivity index (χ4v) is 3.90. The first-order chi connectivity index (χ1) is 13.4. The molecular formula is C20H17F2NO4S. The van der Waals surface area contributed by atoms with Crippen molar-refractivity contribution in [2.24, 2.45) is 0 Å². The molecule has 0 aliphatic carbocycles. The van der Waals surface area contributed by atoms with Gasteiger partial charge in [0.15, 0.2) is 4.90 Å².